The Labute approximate surface area is 98.0 Å². The van der Waals surface area contributed by atoms with Crippen molar-refractivity contribution in [3.63, 3.8) is 0 Å². The molecule has 0 unspecified atom stereocenters. The van der Waals surface area contributed by atoms with E-state index in [2.05, 4.69) is 10.1 Å². The first kappa shape index (κ1) is 11.1. The normalized spacial score (nSPS) is 10.2. The molecule has 0 radical (unpaired) electrons. The summed E-state index contributed by atoms with van der Waals surface area (Å²) in [4.78, 5) is 16.2. The Morgan fingerprint density at radius 3 is 2.94 bits per heavy atom. The number of pyridine rings is 1. The second-order valence-electron chi connectivity index (χ2n) is 3.46. The quantitative estimate of drug-likeness (QED) is 0.785. The van der Waals surface area contributed by atoms with Gasteiger partial charge in [0.2, 0.25) is 5.78 Å². The van der Waals surface area contributed by atoms with Crippen LogP contribution < -0.4 is 10.5 Å². The fourth-order valence-corrected chi connectivity index (χ4v) is 1.55. The molecule has 6 heteroatoms. The first-order chi connectivity index (χ1) is 8.15. The summed E-state index contributed by atoms with van der Waals surface area (Å²) in [6.45, 7) is 0. The van der Waals surface area contributed by atoms with E-state index in [0.717, 1.165) is 0 Å². The molecular weight excluding hydrogens is 220 g/mol. The highest BCUT2D eigenvalue weighted by atomic mass is 16.5. The number of ketones is 1. The van der Waals surface area contributed by atoms with E-state index in [0.29, 0.717) is 17.1 Å². The van der Waals surface area contributed by atoms with Crippen LogP contribution in [0.1, 0.15) is 16.2 Å². The second kappa shape index (κ2) is 4.25. The Morgan fingerprint density at radius 1 is 1.53 bits per heavy atom. The highest BCUT2D eigenvalue weighted by molar-refractivity contribution is 6.11. The van der Waals surface area contributed by atoms with E-state index < -0.39 is 0 Å². The highest BCUT2D eigenvalue weighted by Gasteiger charge is 2.22. The molecular formula is C11H12N4O2. The van der Waals surface area contributed by atoms with Gasteiger partial charge in [0.25, 0.3) is 0 Å². The van der Waals surface area contributed by atoms with E-state index in [9.17, 15) is 4.79 Å². The fraction of sp³-hybridized carbons (Fsp3) is 0.182. The predicted octanol–water partition coefficient (Wildman–Crippen LogP) is 0.637. The SMILES string of the molecule is COc1cnn(C)c1C(=O)c1ncccc1N. The van der Waals surface area contributed by atoms with Crippen LogP contribution in [0.5, 0.6) is 5.75 Å². The molecule has 17 heavy (non-hydrogen) atoms. The van der Waals surface area contributed by atoms with Gasteiger partial charge in [-0.15, -0.1) is 0 Å². The number of carbonyl (C=O) groups excluding carboxylic acids is 1. The number of nitrogens with zero attached hydrogens (tertiary/aromatic N) is 3. The molecule has 0 bridgehead atoms. The molecule has 0 saturated carbocycles. The van der Waals surface area contributed by atoms with Gasteiger partial charge in [-0.2, -0.15) is 5.10 Å². The van der Waals surface area contributed by atoms with Gasteiger partial charge in [-0.3, -0.25) is 14.5 Å². The van der Waals surface area contributed by atoms with E-state index in [4.69, 9.17) is 10.5 Å². The Hall–Kier alpha value is -2.37. The van der Waals surface area contributed by atoms with E-state index in [1.54, 1.807) is 19.2 Å². The predicted molar refractivity (Wildman–Crippen MR) is 61.8 cm³/mol. The van der Waals surface area contributed by atoms with Crippen molar-refractivity contribution in [3.8, 4) is 5.75 Å². The van der Waals surface area contributed by atoms with E-state index in [1.165, 1.54) is 24.2 Å². The van der Waals surface area contributed by atoms with Crippen LogP contribution in [-0.4, -0.2) is 27.7 Å². The third-order valence-corrected chi connectivity index (χ3v) is 2.39. The van der Waals surface area contributed by atoms with Gasteiger partial charge in [0.15, 0.2) is 11.4 Å². The molecule has 0 atom stereocenters. The first-order valence-electron chi connectivity index (χ1n) is 4.96. The third kappa shape index (κ3) is 1.84. The van der Waals surface area contributed by atoms with Gasteiger partial charge >= 0.3 is 0 Å². The molecule has 88 valence electrons. The monoisotopic (exact) mass is 232 g/mol. The number of hydrogen-bond acceptors (Lipinski definition) is 5. The zero-order valence-corrected chi connectivity index (χ0v) is 9.54. The number of nitrogen functional groups attached to an aromatic ring is 1. The Bertz CT molecular complexity index is 562. The molecule has 0 amide bonds. The summed E-state index contributed by atoms with van der Waals surface area (Å²) in [6, 6.07) is 3.30. The molecule has 2 aromatic rings. The zero-order valence-electron chi connectivity index (χ0n) is 9.54. The van der Waals surface area contributed by atoms with Crippen LogP contribution in [0.15, 0.2) is 24.5 Å². The summed E-state index contributed by atoms with van der Waals surface area (Å²) in [5, 5.41) is 3.97. The number of rotatable bonds is 3. The number of ether oxygens (including phenoxy) is 1. The van der Waals surface area contributed by atoms with E-state index in [-0.39, 0.29) is 11.5 Å². The molecule has 0 aliphatic carbocycles. The number of carbonyl (C=O) groups is 1. The highest BCUT2D eigenvalue weighted by Crippen LogP contribution is 2.21. The van der Waals surface area contributed by atoms with Gasteiger partial charge in [0.05, 0.1) is 19.0 Å². The van der Waals surface area contributed by atoms with Gasteiger partial charge in [0, 0.05) is 13.2 Å². The minimum absolute atomic E-state index is 0.203. The Morgan fingerprint density at radius 2 is 2.29 bits per heavy atom. The van der Waals surface area contributed by atoms with E-state index >= 15 is 0 Å². The first-order valence-corrected chi connectivity index (χ1v) is 4.96. The Kier molecular flexibility index (Phi) is 2.78. The lowest BCUT2D eigenvalue weighted by Gasteiger charge is -2.05. The maximum Gasteiger partial charge on any atom is 0.235 e. The topological polar surface area (TPSA) is 83.0 Å². The molecule has 0 saturated heterocycles. The number of hydrogen-bond donors (Lipinski definition) is 1. The van der Waals surface area contributed by atoms with Crippen LogP contribution >= 0.6 is 0 Å². The molecule has 2 aromatic heterocycles. The lowest BCUT2D eigenvalue weighted by molar-refractivity contribution is 0.102. The van der Waals surface area contributed by atoms with Gasteiger partial charge in [-0.05, 0) is 12.1 Å². The van der Waals surface area contributed by atoms with Crippen molar-refractivity contribution in [3.05, 3.63) is 35.9 Å². The third-order valence-electron chi connectivity index (χ3n) is 2.39. The minimum atomic E-state index is -0.306. The van der Waals surface area contributed by atoms with Crippen molar-refractivity contribution in [1.82, 2.24) is 14.8 Å². The lowest BCUT2D eigenvalue weighted by Crippen LogP contribution is -2.13. The van der Waals surface area contributed by atoms with Crippen molar-refractivity contribution in [2.24, 2.45) is 7.05 Å². The summed E-state index contributed by atoms with van der Waals surface area (Å²) in [6.07, 6.45) is 3.00. The molecule has 2 heterocycles. The van der Waals surface area contributed by atoms with Crippen molar-refractivity contribution < 1.29 is 9.53 Å². The average Bonchev–Trinajstić information content (AvgIpc) is 2.70. The average molecular weight is 232 g/mol. The van der Waals surface area contributed by atoms with Crippen molar-refractivity contribution in [2.45, 2.75) is 0 Å². The molecule has 2 rings (SSSR count). The van der Waals surface area contributed by atoms with Gasteiger partial charge in [0.1, 0.15) is 5.69 Å². The van der Waals surface area contributed by atoms with Crippen LogP contribution in [-0.2, 0) is 7.05 Å². The smallest absolute Gasteiger partial charge is 0.235 e. The van der Waals surface area contributed by atoms with Crippen molar-refractivity contribution >= 4 is 11.5 Å². The maximum atomic E-state index is 12.2. The molecule has 6 nitrogen and oxygen atoms in total. The van der Waals surface area contributed by atoms with Crippen LogP contribution in [0.2, 0.25) is 0 Å². The van der Waals surface area contributed by atoms with Crippen LogP contribution in [0.3, 0.4) is 0 Å². The summed E-state index contributed by atoms with van der Waals surface area (Å²) >= 11 is 0. The molecule has 0 spiro atoms. The molecule has 0 aromatic carbocycles. The number of methoxy groups -OCH3 is 1. The lowest BCUT2D eigenvalue weighted by atomic mass is 10.1. The van der Waals surface area contributed by atoms with Crippen LogP contribution in [0.25, 0.3) is 0 Å². The summed E-state index contributed by atoms with van der Waals surface area (Å²) in [5.74, 6) is 0.0995. The molecule has 0 fully saturated rings. The summed E-state index contributed by atoms with van der Waals surface area (Å²) in [5.41, 5.74) is 6.58. The number of aryl methyl sites for hydroxylation is 1. The molecule has 0 aliphatic rings. The van der Waals surface area contributed by atoms with Crippen LogP contribution in [0.4, 0.5) is 5.69 Å². The largest absolute Gasteiger partial charge is 0.493 e. The summed E-state index contributed by atoms with van der Waals surface area (Å²) < 4.78 is 6.52. The van der Waals surface area contributed by atoms with Gasteiger partial charge < -0.3 is 10.5 Å². The fourth-order valence-electron chi connectivity index (χ4n) is 1.55. The summed E-state index contributed by atoms with van der Waals surface area (Å²) in [7, 11) is 3.14. The van der Waals surface area contributed by atoms with Crippen molar-refractivity contribution in [1.29, 1.82) is 0 Å². The molecule has 0 aliphatic heterocycles. The number of aromatic nitrogens is 3. The minimum Gasteiger partial charge on any atom is -0.493 e. The zero-order chi connectivity index (χ0) is 12.4. The van der Waals surface area contributed by atoms with E-state index in [1.807, 2.05) is 0 Å². The number of nitrogens with two attached hydrogens (primary N) is 1. The van der Waals surface area contributed by atoms with Gasteiger partial charge in [-0.1, -0.05) is 0 Å². The molecule has 2 N–H and O–H groups in total. The van der Waals surface area contributed by atoms with Gasteiger partial charge in [-0.25, -0.2) is 0 Å². The second-order valence-corrected chi connectivity index (χ2v) is 3.46. The van der Waals surface area contributed by atoms with Crippen LogP contribution in [0, 0.1) is 0 Å². The number of anilines is 1. The van der Waals surface area contributed by atoms with Crippen molar-refractivity contribution in [2.75, 3.05) is 12.8 Å². The standard InChI is InChI=1S/C11H12N4O2/c1-15-10(8(17-2)6-14-15)11(16)9-7(12)4-3-5-13-9/h3-6H,12H2,1-2H3. The Balaban J connectivity index is 2.51. The maximum absolute atomic E-state index is 12.2.